The Kier molecular flexibility index (Phi) is 4.71. The van der Waals surface area contributed by atoms with Gasteiger partial charge in [0, 0.05) is 17.9 Å². The maximum Gasteiger partial charge on any atom is 0.335 e. The van der Waals surface area contributed by atoms with E-state index in [0.717, 1.165) is 4.90 Å². The van der Waals surface area contributed by atoms with E-state index in [0.29, 0.717) is 23.6 Å². The van der Waals surface area contributed by atoms with Crippen molar-refractivity contribution in [3.8, 4) is 0 Å². The van der Waals surface area contributed by atoms with Crippen molar-refractivity contribution in [3.63, 3.8) is 0 Å². The molecule has 0 unspecified atom stereocenters. The fraction of sp³-hybridized carbons (Fsp3) is 0. The predicted molar refractivity (Wildman–Crippen MR) is 102 cm³/mol. The molecule has 122 valence electrons. The van der Waals surface area contributed by atoms with E-state index in [-0.39, 0.29) is 16.7 Å². The van der Waals surface area contributed by atoms with Crippen LogP contribution in [0.3, 0.4) is 0 Å². The molecule has 0 radical (unpaired) electrons. The van der Waals surface area contributed by atoms with E-state index < -0.39 is 17.8 Å². The topological polar surface area (TPSA) is 74.7 Å². The molecule has 1 heterocycles. The second kappa shape index (κ2) is 6.36. The number of carboxylic acid groups (broad SMARTS) is 1. The molecule has 2 amide bonds. The SMILES string of the molecule is O=C(O)c1ccc(N2C(=O)c3c(Br)c(Br)c(Br)c(Br)c3C2=O)cc1. The maximum atomic E-state index is 12.8. The highest BCUT2D eigenvalue weighted by Gasteiger charge is 2.41. The smallest absolute Gasteiger partial charge is 0.335 e. The number of imide groups is 1. The number of fused-ring (bicyclic) bond motifs is 1. The van der Waals surface area contributed by atoms with Gasteiger partial charge < -0.3 is 5.11 Å². The first kappa shape index (κ1) is 17.8. The van der Waals surface area contributed by atoms with E-state index in [1.165, 1.54) is 24.3 Å². The lowest BCUT2D eigenvalue weighted by molar-refractivity contribution is 0.0696. The lowest BCUT2D eigenvalue weighted by atomic mass is 10.1. The number of aromatic carboxylic acids is 1. The van der Waals surface area contributed by atoms with E-state index in [1.54, 1.807) is 0 Å². The van der Waals surface area contributed by atoms with Crippen LogP contribution in [0.25, 0.3) is 0 Å². The van der Waals surface area contributed by atoms with Crippen LogP contribution in [0.15, 0.2) is 42.2 Å². The summed E-state index contributed by atoms with van der Waals surface area (Å²) in [6.07, 6.45) is 0. The second-order valence-electron chi connectivity index (χ2n) is 4.80. The Morgan fingerprint density at radius 3 is 1.58 bits per heavy atom. The number of carbonyl (C=O) groups is 3. The molecule has 0 spiro atoms. The molecule has 0 bridgehead atoms. The molecule has 0 fully saturated rings. The molecule has 1 N–H and O–H groups in total. The monoisotopic (exact) mass is 579 g/mol. The van der Waals surface area contributed by atoms with Crippen molar-refractivity contribution >= 4 is 87.2 Å². The van der Waals surface area contributed by atoms with Crippen LogP contribution in [-0.4, -0.2) is 22.9 Å². The lowest BCUT2D eigenvalue weighted by Gasteiger charge is -2.14. The number of carbonyl (C=O) groups excluding carboxylic acids is 2. The van der Waals surface area contributed by atoms with E-state index in [2.05, 4.69) is 63.7 Å². The Bertz CT molecular complexity index is 877. The molecule has 5 nitrogen and oxygen atoms in total. The van der Waals surface area contributed by atoms with Crippen molar-refractivity contribution in [2.24, 2.45) is 0 Å². The van der Waals surface area contributed by atoms with Crippen molar-refractivity contribution in [2.45, 2.75) is 0 Å². The zero-order chi connectivity index (χ0) is 17.8. The molecule has 2 aromatic carbocycles. The van der Waals surface area contributed by atoms with Crippen LogP contribution in [-0.2, 0) is 0 Å². The predicted octanol–water partition coefficient (Wildman–Crippen LogP) is 5.24. The van der Waals surface area contributed by atoms with Gasteiger partial charge in [-0.2, -0.15) is 0 Å². The van der Waals surface area contributed by atoms with Crippen LogP contribution in [0.2, 0.25) is 0 Å². The number of amides is 2. The first-order valence-electron chi connectivity index (χ1n) is 6.33. The Morgan fingerprint density at radius 1 is 0.792 bits per heavy atom. The zero-order valence-electron chi connectivity index (χ0n) is 11.4. The molecule has 0 saturated heterocycles. The normalized spacial score (nSPS) is 13.4. The van der Waals surface area contributed by atoms with Crippen molar-refractivity contribution in [1.82, 2.24) is 0 Å². The number of carboxylic acids is 1. The number of hydrogen-bond acceptors (Lipinski definition) is 3. The Labute approximate surface area is 169 Å². The standard InChI is InChI=1S/C15H5Br4NO4/c16-9-7-8(10(17)12(19)11(9)18)14(22)20(13(7)21)6-3-1-5(2-4-6)15(23)24/h1-4H,(H,23,24). The summed E-state index contributed by atoms with van der Waals surface area (Å²) in [5, 5.41) is 8.95. The number of nitrogens with zero attached hydrogens (tertiary/aromatic N) is 1. The van der Waals surface area contributed by atoms with Gasteiger partial charge >= 0.3 is 5.97 Å². The quantitative estimate of drug-likeness (QED) is 0.299. The van der Waals surface area contributed by atoms with Gasteiger partial charge in [-0.05, 0) is 88.0 Å². The van der Waals surface area contributed by atoms with Gasteiger partial charge in [0.05, 0.1) is 22.4 Å². The minimum absolute atomic E-state index is 0.0724. The van der Waals surface area contributed by atoms with Crippen molar-refractivity contribution in [3.05, 3.63) is 58.8 Å². The minimum Gasteiger partial charge on any atom is -0.478 e. The Hall–Kier alpha value is -1.03. The molecular formula is C15H5Br4NO4. The molecule has 0 aliphatic carbocycles. The maximum absolute atomic E-state index is 12.8. The third-order valence-corrected chi connectivity index (χ3v) is 8.24. The van der Waals surface area contributed by atoms with E-state index in [9.17, 15) is 14.4 Å². The van der Waals surface area contributed by atoms with Crippen molar-refractivity contribution in [1.29, 1.82) is 0 Å². The summed E-state index contributed by atoms with van der Waals surface area (Å²) in [5.74, 6) is -2.06. The van der Waals surface area contributed by atoms with Gasteiger partial charge in [0.2, 0.25) is 0 Å². The van der Waals surface area contributed by atoms with Crippen molar-refractivity contribution in [2.75, 3.05) is 4.90 Å². The van der Waals surface area contributed by atoms with Crippen LogP contribution in [0.1, 0.15) is 31.1 Å². The van der Waals surface area contributed by atoms with Gasteiger partial charge in [0.25, 0.3) is 11.8 Å². The highest BCUT2D eigenvalue weighted by molar-refractivity contribution is 9.15. The number of anilines is 1. The molecule has 1 aliphatic heterocycles. The summed E-state index contributed by atoms with van der Waals surface area (Å²) in [6, 6.07) is 5.54. The summed E-state index contributed by atoms with van der Waals surface area (Å²) < 4.78 is 2.15. The van der Waals surface area contributed by atoms with Gasteiger partial charge in [-0.3, -0.25) is 9.59 Å². The third kappa shape index (κ3) is 2.58. The fourth-order valence-electron chi connectivity index (χ4n) is 2.34. The van der Waals surface area contributed by atoms with Gasteiger partial charge in [-0.1, -0.05) is 0 Å². The van der Waals surface area contributed by atoms with Gasteiger partial charge in [-0.15, -0.1) is 0 Å². The molecule has 24 heavy (non-hydrogen) atoms. The second-order valence-corrected chi connectivity index (χ2v) is 7.98. The van der Waals surface area contributed by atoms with Crippen molar-refractivity contribution < 1.29 is 19.5 Å². The largest absolute Gasteiger partial charge is 0.478 e. The molecule has 0 saturated carbocycles. The highest BCUT2D eigenvalue weighted by Crippen LogP contribution is 2.46. The summed E-state index contributed by atoms with van der Waals surface area (Å²) in [6.45, 7) is 0. The van der Waals surface area contributed by atoms with Crippen LogP contribution in [0, 0.1) is 0 Å². The van der Waals surface area contributed by atoms with Crippen LogP contribution in [0.5, 0.6) is 0 Å². The van der Waals surface area contributed by atoms with Gasteiger partial charge in [0.15, 0.2) is 0 Å². The average Bonchev–Trinajstić information content (AvgIpc) is 2.82. The molecule has 2 aromatic rings. The zero-order valence-corrected chi connectivity index (χ0v) is 17.8. The highest BCUT2D eigenvalue weighted by atomic mass is 79.9. The number of benzene rings is 2. The fourth-order valence-corrected chi connectivity index (χ4v) is 4.79. The van der Waals surface area contributed by atoms with E-state index in [1.807, 2.05) is 0 Å². The van der Waals surface area contributed by atoms with Gasteiger partial charge in [-0.25, -0.2) is 9.69 Å². The molecule has 0 aromatic heterocycles. The Balaban J connectivity index is 2.16. The lowest BCUT2D eigenvalue weighted by Crippen LogP contribution is -2.29. The van der Waals surface area contributed by atoms with E-state index >= 15 is 0 Å². The summed E-state index contributed by atoms with van der Waals surface area (Å²) in [4.78, 5) is 37.5. The van der Waals surface area contributed by atoms with Gasteiger partial charge in [0.1, 0.15) is 0 Å². The van der Waals surface area contributed by atoms with Crippen LogP contribution >= 0.6 is 63.7 Å². The molecule has 3 rings (SSSR count). The Morgan fingerprint density at radius 2 is 1.21 bits per heavy atom. The number of halogens is 4. The molecule has 9 heteroatoms. The van der Waals surface area contributed by atoms with Crippen LogP contribution in [0.4, 0.5) is 5.69 Å². The minimum atomic E-state index is -1.08. The summed E-state index contributed by atoms with van der Waals surface area (Å²) in [5.41, 5.74) is 0.856. The molecular weight excluding hydrogens is 578 g/mol. The summed E-state index contributed by atoms with van der Waals surface area (Å²) >= 11 is 13.4. The first-order chi connectivity index (χ1) is 11.3. The molecule has 1 aliphatic rings. The first-order valence-corrected chi connectivity index (χ1v) is 9.51. The summed E-state index contributed by atoms with van der Waals surface area (Å²) in [7, 11) is 0. The van der Waals surface area contributed by atoms with Crippen LogP contribution < -0.4 is 4.90 Å². The third-order valence-electron chi connectivity index (χ3n) is 3.47. The average molecular weight is 583 g/mol. The number of rotatable bonds is 2. The number of hydrogen-bond donors (Lipinski definition) is 1. The van der Waals surface area contributed by atoms with E-state index in [4.69, 9.17) is 5.11 Å². The molecule has 0 atom stereocenters.